The molecule has 3 nitrogen and oxygen atoms in total. The maximum absolute atomic E-state index is 12.9. The number of fused-ring (bicyclic) bond motifs is 4. The summed E-state index contributed by atoms with van der Waals surface area (Å²) in [5.41, 5.74) is 2.46. The van der Waals surface area contributed by atoms with E-state index in [2.05, 4.69) is 4.98 Å². The van der Waals surface area contributed by atoms with Crippen LogP contribution in [-0.4, -0.2) is 9.38 Å². The Labute approximate surface area is 146 Å². The lowest BCUT2D eigenvalue weighted by molar-refractivity contribution is 1.19. The second kappa shape index (κ2) is 6.89. The fourth-order valence-electron chi connectivity index (χ4n) is 3.24. The number of aromatic nitrogens is 2. The van der Waals surface area contributed by atoms with Gasteiger partial charge in [0.25, 0.3) is 5.56 Å². The zero-order valence-electron chi connectivity index (χ0n) is 15.1. The molecule has 3 heteroatoms. The van der Waals surface area contributed by atoms with Crippen molar-refractivity contribution in [2.24, 2.45) is 0 Å². The van der Waals surface area contributed by atoms with Gasteiger partial charge in [0.15, 0.2) is 0 Å². The monoisotopic (exact) mass is 330 g/mol. The van der Waals surface area contributed by atoms with Crippen LogP contribution in [0.25, 0.3) is 38.2 Å². The van der Waals surface area contributed by atoms with E-state index in [-0.39, 0.29) is 5.56 Å². The molecule has 2 aromatic heterocycles. The highest BCUT2D eigenvalue weighted by molar-refractivity contribution is 6.15. The summed E-state index contributed by atoms with van der Waals surface area (Å²) in [5, 5.41) is 3.86. The molecule has 0 amide bonds. The van der Waals surface area contributed by atoms with E-state index in [1.807, 2.05) is 88.4 Å². The smallest absolute Gasteiger partial charge is 0.264 e. The van der Waals surface area contributed by atoms with E-state index in [1.54, 1.807) is 4.40 Å². The normalized spacial score (nSPS) is 10.6. The molecule has 0 bridgehead atoms. The van der Waals surface area contributed by atoms with Gasteiger partial charge in [-0.2, -0.15) is 0 Å². The van der Waals surface area contributed by atoms with Gasteiger partial charge in [-0.3, -0.25) is 9.20 Å². The molecule has 0 aliphatic heterocycles. The van der Waals surface area contributed by atoms with E-state index >= 15 is 0 Å². The molecule has 5 rings (SSSR count). The number of para-hydroxylation sites is 2. The lowest BCUT2D eigenvalue weighted by atomic mass is 10.0. The molecular formula is C22H22N2O. The van der Waals surface area contributed by atoms with Gasteiger partial charge in [0.2, 0.25) is 0 Å². The molecular weight excluding hydrogens is 308 g/mol. The van der Waals surface area contributed by atoms with Gasteiger partial charge in [-0.15, -0.1) is 0 Å². The lowest BCUT2D eigenvalue weighted by Gasteiger charge is -2.06. The van der Waals surface area contributed by atoms with Gasteiger partial charge in [0.05, 0.1) is 11.0 Å². The lowest BCUT2D eigenvalue weighted by Crippen LogP contribution is -2.13. The number of nitrogens with zero attached hydrogens (tertiary/aromatic N) is 2. The Bertz CT molecular complexity index is 1200. The van der Waals surface area contributed by atoms with Gasteiger partial charge in [-0.25, -0.2) is 4.98 Å². The highest BCUT2D eigenvalue weighted by atomic mass is 16.1. The van der Waals surface area contributed by atoms with Crippen molar-refractivity contribution < 1.29 is 0 Å². The molecule has 0 spiro atoms. The number of rotatable bonds is 0. The standard InChI is InChI=1S/C18H10N2O.2C2H6/c21-18-13-8-4-6-11-5-3-7-12(16(11)13)17-19-14-9-1-2-10-15(14)20(17)18;2*1-2/h1-10H;2*1-2H3. The summed E-state index contributed by atoms with van der Waals surface area (Å²) >= 11 is 0. The van der Waals surface area contributed by atoms with Crippen LogP contribution >= 0.6 is 0 Å². The Morgan fingerprint density at radius 2 is 1.40 bits per heavy atom. The zero-order valence-corrected chi connectivity index (χ0v) is 15.1. The SMILES string of the molecule is CC.CC.O=c1c2cccc3cccc(c32)c2nc3ccccc3n12. The van der Waals surface area contributed by atoms with Crippen molar-refractivity contribution in [2.45, 2.75) is 27.7 Å². The van der Waals surface area contributed by atoms with E-state index in [9.17, 15) is 4.79 Å². The Kier molecular flexibility index (Phi) is 4.66. The fraction of sp³-hybridized carbons (Fsp3) is 0.182. The Morgan fingerprint density at radius 1 is 0.760 bits per heavy atom. The van der Waals surface area contributed by atoms with Crippen LogP contribution in [0.2, 0.25) is 0 Å². The van der Waals surface area contributed by atoms with Crippen molar-refractivity contribution in [2.75, 3.05) is 0 Å². The molecule has 0 saturated heterocycles. The minimum absolute atomic E-state index is 0.00278. The molecule has 0 saturated carbocycles. The summed E-state index contributed by atoms with van der Waals surface area (Å²) < 4.78 is 1.73. The molecule has 5 aromatic rings. The first-order valence-electron chi connectivity index (χ1n) is 8.89. The fourth-order valence-corrected chi connectivity index (χ4v) is 3.24. The minimum atomic E-state index is 0.00278. The van der Waals surface area contributed by atoms with Crippen LogP contribution in [0.1, 0.15) is 27.7 Å². The Hall–Kier alpha value is -2.94. The molecule has 0 N–H and O–H groups in total. The maximum Gasteiger partial charge on any atom is 0.264 e. The summed E-state index contributed by atoms with van der Waals surface area (Å²) in [6, 6.07) is 19.7. The van der Waals surface area contributed by atoms with Crippen molar-refractivity contribution in [1.82, 2.24) is 9.38 Å². The number of hydrogen-bond acceptors (Lipinski definition) is 2. The van der Waals surface area contributed by atoms with Gasteiger partial charge >= 0.3 is 0 Å². The first kappa shape index (κ1) is 16.9. The third-order valence-electron chi connectivity index (χ3n) is 4.14. The molecule has 0 radical (unpaired) electrons. The number of hydrogen-bond donors (Lipinski definition) is 0. The maximum atomic E-state index is 12.9. The second-order valence-corrected chi connectivity index (χ2v) is 5.27. The van der Waals surface area contributed by atoms with E-state index in [0.717, 1.165) is 38.2 Å². The van der Waals surface area contributed by atoms with E-state index in [1.165, 1.54) is 0 Å². The molecule has 3 aromatic carbocycles. The third-order valence-corrected chi connectivity index (χ3v) is 4.14. The summed E-state index contributed by atoms with van der Waals surface area (Å²) in [5.74, 6) is 0. The number of imidazole rings is 1. The first-order chi connectivity index (χ1) is 12.3. The van der Waals surface area contributed by atoms with Gasteiger partial charge in [-0.1, -0.05) is 70.2 Å². The minimum Gasteiger partial charge on any atom is -0.268 e. The van der Waals surface area contributed by atoms with E-state index in [0.29, 0.717) is 0 Å². The average Bonchev–Trinajstić information content (AvgIpc) is 3.09. The molecule has 25 heavy (non-hydrogen) atoms. The average molecular weight is 330 g/mol. The van der Waals surface area contributed by atoms with Crippen LogP contribution in [0.4, 0.5) is 0 Å². The number of pyridine rings is 1. The van der Waals surface area contributed by atoms with Crippen molar-refractivity contribution in [3.8, 4) is 0 Å². The predicted octanol–water partition coefficient (Wildman–Crippen LogP) is 5.64. The van der Waals surface area contributed by atoms with Crippen LogP contribution in [0.3, 0.4) is 0 Å². The van der Waals surface area contributed by atoms with Gasteiger partial charge < -0.3 is 0 Å². The van der Waals surface area contributed by atoms with E-state index in [4.69, 9.17) is 0 Å². The summed E-state index contributed by atoms with van der Waals surface area (Å²) in [6.45, 7) is 8.00. The van der Waals surface area contributed by atoms with Gasteiger partial charge in [0.1, 0.15) is 5.65 Å². The van der Waals surface area contributed by atoms with Crippen LogP contribution in [0, 0.1) is 0 Å². The molecule has 126 valence electrons. The second-order valence-electron chi connectivity index (χ2n) is 5.27. The third kappa shape index (κ3) is 2.43. The molecule has 0 aliphatic rings. The van der Waals surface area contributed by atoms with Crippen LogP contribution < -0.4 is 5.56 Å². The topological polar surface area (TPSA) is 34.4 Å². The van der Waals surface area contributed by atoms with Crippen molar-refractivity contribution in [1.29, 1.82) is 0 Å². The zero-order chi connectivity index (χ0) is 18.0. The summed E-state index contributed by atoms with van der Waals surface area (Å²) in [4.78, 5) is 17.6. The first-order valence-corrected chi connectivity index (χ1v) is 8.89. The summed E-state index contributed by atoms with van der Waals surface area (Å²) in [6.07, 6.45) is 0. The molecule has 0 fully saturated rings. The van der Waals surface area contributed by atoms with Gasteiger partial charge in [0, 0.05) is 16.2 Å². The molecule has 0 atom stereocenters. The van der Waals surface area contributed by atoms with Crippen LogP contribution in [-0.2, 0) is 0 Å². The number of benzene rings is 3. The highest BCUT2D eigenvalue weighted by Gasteiger charge is 2.14. The molecule has 0 aliphatic carbocycles. The molecule has 0 unspecified atom stereocenters. The highest BCUT2D eigenvalue weighted by Crippen LogP contribution is 2.29. The van der Waals surface area contributed by atoms with Crippen molar-refractivity contribution in [3.63, 3.8) is 0 Å². The Balaban J connectivity index is 0.000000428. The van der Waals surface area contributed by atoms with Crippen LogP contribution in [0.15, 0.2) is 65.5 Å². The van der Waals surface area contributed by atoms with Gasteiger partial charge in [-0.05, 0) is 23.6 Å². The largest absolute Gasteiger partial charge is 0.268 e. The Morgan fingerprint density at radius 3 is 2.12 bits per heavy atom. The summed E-state index contributed by atoms with van der Waals surface area (Å²) in [7, 11) is 0. The molecule has 2 heterocycles. The van der Waals surface area contributed by atoms with Crippen LogP contribution in [0.5, 0.6) is 0 Å². The predicted molar refractivity (Wildman–Crippen MR) is 108 cm³/mol. The van der Waals surface area contributed by atoms with E-state index < -0.39 is 0 Å². The van der Waals surface area contributed by atoms with Crippen molar-refractivity contribution >= 4 is 38.2 Å². The van der Waals surface area contributed by atoms with Crippen molar-refractivity contribution in [3.05, 3.63) is 71.0 Å². The quantitative estimate of drug-likeness (QED) is 0.368.